The zero-order chi connectivity index (χ0) is 24.3. The van der Waals surface area contributed by atoms with Crippen LogP contribution in [0.5, 0.6) is 0 Å². The third-order valence-electron chi connectivity index (χ3n) is 5.81. The minimum absolute atomic E-state index is 0.0420. The first-order chi connectivity index (χ1) is 16.3. The standard InChI is InChI=1S/C23H28N8O3/c1-23(2,3)34-22(33)29-28-21(32)30-10-9-17-19(25-14-26-20(17)30)16-11-27-31(13-16)18(12-24-4)15-7-5-6-8-15/h9-11,13-15,18H,5-8,12H2,1-3H3,(H,28,32)(H,29,33)/t18-/m1/s1. The van der Waals surface area contributed by atoms with Crippen molar-refractivity contribution in [2.45, 2.75) is 58.1 Å². The van der Waals surface area contributed by atoms with Crippen molar-refractivity contribution in [1.82, 2.24) is 35.2 Å². The zero-order valence-corrected chi connectivity index (χ0v) is 19.5. The molecule has 2 N–H and O–H groups in total. The van der Waals surface area contributed by atoms with Crippen molar-refractivity contribution in [3.63, 3.8) is 0 Å². The fraction of sp³-hybridized carbons (Fsp3) is 0.478. The highest BCUT2D eigenvalue weighted by Gasteiger charge is 2.29. The number of ether oxygens (including phenoxy) is 1. The van der Waals surface area contributed by atoms with E-state index in [4.69, 9.17) is 11.3 Å². The molecule has 1 fully saturated rings. The Kier molecular flexibility index (Phi) is 6.49. The van der Waals surface area contributed by atoms with Crippen molar-refractivity contribution in [2.75, 3.05) is 6.54 Å². The van der Waals surface area contributed by atoms with Crippen LogP contribution in [0.2, 0.25) is 0 Å². The molecule has 178 valence electrons. The molecule has 2 amide bonds. The molecular formula is C23H28N8O3. The molecule has 1 saturated carbocycles. The zero-order valence-electron chi connectivity index (χ0n) is 19.5. The largest absolute Gasteiger partial charge is 0.443 e. The maximum Gasteiger partial charge on any atom is 0.426 e. The summed E-state index contributed by atoms with van der Waals surface area (Å²) < 4.78 is 8.28. The topological polar surface area (TPSA) is 120 Å². The van der Waals surface area contributed by atoms with Gasteiger partial charge >= 0.3 is 12.1 Å². The quantitative estimate of drug-likeness (QED) is 0.446. The number of amides is 2. The number of hydrogen-bond donors (Lipinski definition) is 2. The van der Waals surface area contributed by atoms with Gasteiger partial charge in [0.15, 0.2) is 5.65 Å². The van der Waals surface area contributed by atoms with Crippen molar-refractivity contribution < 1.29 is 14.3 Å². The molecular weight excluding hydrogens is 436 g/mol. The van der Waals surface area contributed by atoms with Crippen LogP contribution in [0.1, 0.15) is 52.5 Å². The van der Waals surface area contributed by atoms with Crippen molar-refractivity contribution >= 4 is 23.2 Å². The Morgan fingerprint density at radius 1 is 1.26 bits per heavy atom. The van der Waals surface area contributed by atoms with Gasteiger partial charge in [0.25, 0.3) is 0 Å². The first-order valence-electron chi connectivity index (χ1n) is 11.3. The van der Waals surface area contributed by atoms with E-state index < -0.39 is 17.7 Å². The molecule has 1 aliphatic rings. The Hall–Kier alpha value is -3.94. The fourth-order valence-corrected chi connectivity index (χ4v) is 4.34. The van der Waals surface area contributed by atoms with Crippen molar-refractivity contribution in [3.8, 4) is 11.3 Å². The number of aromatic nitrogens is 5. The lowest BCUT2D eigenvalue weighted by molar-refractivity contribution is 0.0505. The molecule has 1 atom stereocenters. The van der Waals surface area contributed by atoms with Gasteiger partial charge in [-0.3, -0.25) is 9.25 Å². The second-order valence-corrected chi connectivity index (χ2v) is 9.36. The highest BCUT2D eigenvalue weighted by molar-refractivity contribution is 5.96. The summed E-state index contributed by atoms with van der Waals surface area (Å²) in [7, 11) is 0. The van der Waals surface area contributed by atoms with Crippen LogP contribution in [-0.2, 0) is 4.74 Å². The lowest BCUT2D eigenvalue weighted by Gasteiger charge is -2.19. The summed E-state index contributed by atoms with van der Waals surface area (Å²) in [4.78, 5) is 36.8. The maximum absolute atomic E-state index is 12.6. The number of rotatable bonds is 4. The van der Waals surface area contributed by atoms with Gasteiger partial charge in [0.1, 0.15) is 18.0 Å². The molecule has 0 spiro atoms. The second-order valence-electron chi connectivity index (χ2n) is 9.36. The number of hydrogen-bond acceptors (Lipinski definition) is 6. The number of carbonyl (C=O) groups excluding carboxylic acids is 2. The lowest BCUT2D eigenvalue weighted by Crippen LogP contribution is -2.45. The van der Waals surface area contributed by atoms with Gasteiger partial charge in [0.2, 0.25) is 6.54 Å². The van der Waals surface area contributed by atoms with E-state index in [9.17, 15) is 9.59 Å². The average Bonchev–Trinajstić information content (AvgIpc) is 3.55. The molecule has 0 aliphatic heterocycles. The molecule has 0 aromatic carbocycles. The molecule has 0 saturated heterocycles. The summed E-state index contributed by atoms with van der Waals surface area (Å²) >= 11 is 0. The second kappa shape index (κ2) is 9.51. The SMILES string of the molecule is [C-]#[N+]C[C@H](C1CCCC1)n1cc(-c2ncnc3c2ccn3C(=O)NNC(=O)OC(C)(C)C)cn1. The van der Waals surface area contributed by atoms with Crippen LogP contribution in [0.25, 0.3) is 27.1 Å². The molecule has 3 heterocycles. The van der Waals surface area contributed by atoms with Crippen molar-refractivity contribution in [2.24, 2.45) is 5.92 Å². The van der Waals surface area contributed by atoms with Crippen LogP contribution < -0.4 is 10.9 Å². The molecule has 3 aromatic rings. The van der Waals surface area contributed by atoms with E-state index >= 15 is 0 Å². The first-order valence-corrected chi connectivity index (χ1v) is 11.3. The predicted octanol–water partition coefficient (Wildman–Crippen LogP) is 3.94. The Morgan fingerprint density at radius 2 is 2.03 bits per heavy atom. The smallest absolute Gasteiger partial charge is 0.426 e. The molecule has 0 radical (unpaired) electrons. The normalized spacial score (nSPS) is 15.1. The van der Waals surface area contributed by atoms with Gasteiger partial charge in [0, 0.05) is 23.3 Å². The number of nitrogens with zero attached hydrogens (tertiary/aromatic N) is 6. The molecule has 0 bridgehead atoms. The molecule has 34 heavy (non-hydrogen) atoms. The van der Waals surface area contributed by atoms with Gasteiger partial charge in [-0.1, -0.05) is 12.8 Å². The van der Waals surface area contributed by atoms with Crippen LogP contribution in [0, 0.1) is 12.5 Å². The molecule has 4 rings (SSSR count). The Morgan fingerprint density at radius 3 is 2.74 bits per heavy atom. The van der Waals surface area contributed by atoms with Crippen molar-refractivity contribution in [1.29, 1.82) is 0 Å². The van der Waals surface area contributed by atoms with Crippen molar-refractivity contribution in [3.05, 3.63) is 42.4 Å². The van der Waals surface area contributed by atoms with E-state index in [0.29, 0.717) is 29.2 Å². The van der Waals surface area contributed by atoms with Gasteiger partial charge in [-0.25, -0.2) is 37.0 Å². The van der Waals surface area contributed by atoms with Crippen LogP contribution in [0.4, 0.5) is 9.59 Å². The van der Waals surface area contributed by atoms with E-state index in [-0.39, 0.29) is 6.04 Å². The van der Waals surface area contributed by atoms with Crippen LogP contribution in [-0.4, -0.2) is 48.6 Å². The molecule has 11 heteroatoms. The summed E-state index contributed by atoms with van der Waals surface area (Å²) in [6.45, 7) is 12.9. The maximum atomic E-state index is 12.6. The first kappa shape index (κ1) is 23.2. The highest BCUT2D eigenvalue weighted by Crippen LogP contribution is 2.35. The Labute approximate surface area is 197 Å². The van der Waals surface area contributed by atoms with Gasteiger partial charge in [0.05, 0.1) is 11.9 Å². The summed E-state index contributed by atoms with van der Waals surface area (Å²) in [6, 6.07) is 1.18. The summed E-state index contributed by atoms with van der Waals surface area (Å²) in [6.07, 6.45) is 10.4. The van der Waals surface area contributed by atoms with Gasteiger partial charge in [-0.05, 0) is 45.6 Å². The van der Waals surface area contributed by atoms with Gasteiger partial charge < -0.3 is 9.58 Å². The highest BCUT2D eigenvalue weighted by atomic mass is 16.6. The predicted molar refractivity (Wildman–Crippen MR) is 125 cm³/mol. The molecule has 3 aromatic heterocycles. The number of nitrogens with one attached hydrogen (secondary N) is 2. The summed E-state index contributed by atoms with van der Waals surface area (Å²) in [5.74, 6) is 0.453. The van der Waals surface area contributed by atoms with Crippen LogP contribution >= 0.6 is 0 Å². The number of hydrazine groups is 1. The van der Waals surface area contributed by atoms with E-state index in [1.54, 1.807) is 39.2 Å². The van der Waals surface area contributed by atoms with Crippen LogP contribution in [0.15, 0.2) is 31.0 Å². The fourth-order valence-electron chi connectivity index (χ4n) is 4.34. The average molecular weight is 465 g/mol. The van der Waals surface area contributed by atoms with Gasteiger partial charge in [-0.2, -0.15) is 5.10 Å². The van der Waals surface area contributed by atoms with Gasteiger partial charge in [-0.15, -0.1) is 0 Å². The lowest BCUT2D eigenvalue weighted by atomic mass is 9.98. The minimum Gasteiger partial charge on any atom is -0.443 e. The van der Waals surface area contributed by atoms with Crippen LogP contribution in [0.3, 0.4) is 0 Å². The third-order valence-corrected chi connectivity index (χ3v) is 5.81. The number of carbonyl (C=O) groups is 2. The van der Waals surface area contributed by atoms with E-state index in [2.05, 4.69) is 30.8 Å². The Bertz CT molecular complexity index is 1230. The minimum atomic E-state index is -0.767. The molecule has 0 unspecified atom stereocenters. The molecule has 11 nitrogen and oxygen atoms in total. The van der Waals surface area contributed by atoms with E-state index in [1.807, 2.05) is 10.9 Å². The van der Waals surface area contributed by atoms with E-state index in [1.165, 1.54) is 23.7 Å². The summed E-state index contributed by atoms with van der Waals surface area (Å²) in [5, 5.41) is 5.21. The van der Waals surface area contributed by atoms with E-state index in [0.717, 1.165) is 18.4 Å². The molecule has 1 aliphatic carbocycles. The third kappa shape index (κ3) is 5.01. The summed E-state index contributed by atoms with van der Waals surface area (Å²) in [5.41, 5.74) is 5.66. The Balaban J connectivity index is 1.55. The monoisotopic (exact) mass is 464 g/mol. The number of fused-ring (bicyclic) bond motifs is 1.